The zero-order valence-electron chi connectivity index (χ0n) is 12.6. The second-order valence-corrected chi connectivity index (χ2v) is 5.57. The van der Waals surface area contributed by atoms with Crippen molar-refractivity contribution in [3.05, 3.63) is 54.1 Å². The quantitative estimate of drug-likeness (QED) is 0.891. The average molecular weight is 318 g/mol. The summed E-state index contributed by atoms with van der Waals surface area (Å²) in [5.74, 6) is -0.785. The van der Waals surface area contributed by atoms with Crippen molar-refractivity contribution < 1.29 is 13.9 Å². The smallest absolute Gasteiger partial charge is 0.239 e. The maximum Gasteiger partial charge on any atom is 0.239 e. The van der Waals surface area contributed by atoms with Crippen LogP contribution in [-0.4, -0.2) is 46.4 Å². The molecule has 1 saturated heterocycles. The number of aromatic nitrogens is 2. The van der Waals surface area contributed by atoms with Crippen molar-refractivity contribution >= 4 is 5.91 Å². The zero-order valence-corrected chi connectivity index (χ0v) is 12.6. The van der Waals surface area contributed by atoms with Crippen LogP contribution in [0.3, 0.4) is 0 Å². The van der Waals surface area contributed by atoms with Gasteiger partial charge in [-0.2, -0.15) is 5.10 Å². The van der Waals surface area contributed by atoms with Gasteiger partial charge in [0.1, 0.15) is 11.9 Å². The monoisotopic (exact) mass is 318 g/mol. The Morgan fingerprint density at radius 3 is 2.87 bits per heavy atom. The molecule has 1 aliphatic heterocycles. The molecule has 6 nitrogen and oxygen atoms in total. The topological polar surface area (TPSA) is 73.4 Å². The Kier molecular flexibility index (Phi) is 4.68. The van der Waals surface area contributed by atoms with E-state index in [2.05, 4.69) is 5.10 Å². The first-order valence-electron chi connectivity index (χ1n) is 7.51. The fourth-order valence-corrected chi connectivity index (χ4v) is 2.90. The molecule has 23 heavy (non-hydrogen) atoms. The molecule has 0 saturated carbocycles. The number of nitrogens with two attached hydrogens (primary N) is 1. The molecule has 1 aromatic carbocycles. The normalized spacial score (nSPS) is 20.3. The number of primary amides is 1. The maximum absolute atomic E-state index is 13.1. The SMILES string of the molecule is NC(=O)[C@H](c1ccc(F)cc1)N1CCO[C@@H](Cn2cccn2)C1. The van der Waals surface area contributed by atoms with E-state index in [0.717, 1.165) is 0 Å². The molecule has 2 atom stereocenters. The maximum atomic E-state index is 13.1. The van der Waals surface area contributed by atoms with Gasteiger partial charge in [0.05, 0.1) is 19.3 Å². The number of amides is 1. The first-order valence-corrected chi connectivity index (χ1v) is 7.51. The molecule has 0 spiro atoms. The number of carbonyl (C=O) groups is 1. The van der Waals surface area contributed by atoms with Crippen LogP contribution < -0.4 is 5.73 Å². The molecule has 0 aliphatic carbocycles. The van der Waals surface area contributed by atoms with Crippen LogP contribution in [-0.2, 0) is 16.1 Å². The molecule has 1 aromatic heterocycles. The second kappa shape index (κ2) is 6.89. The van der Waals surface area contributed by atoms with Gasteiger partial charge in [-0.3, -0.25) is 14.4 Å². The molecule has 3 rings (SSSR count). The highest BCUT2D eigenvalue weighted by molar-refractivity contribution is 5.81. The summed E-state index contributed by atoms with van der Waals surface area (Å²) in [6.45, 7) is 2.28. The van der Waals surface area contributed by atoms with Gasteiger partial charge in [-0.15, -0.1) is 0 Å². The minimum atomic E-state index is -0.584. The molecule has 1 fully saturated rings. The number of halogens is 1. The van der Waals surface area contributed by atoms with Gasteiger partial charge in [0.2, 0.25) is 5.91 Å². The highest BCUT2D eigenvalue weighted by Gasteiger charge is 2.31. The fourth-order valence-electron chi connectivity index (χ4n) is 2.90. The number of ether oxygens (including phenoxy) is 1. The van der Waals surface area contributed by atoms with Crippen molar-refractivity contribution in [2.45, 2.75) is 18.7 Å². The van der Waals surface area contributed by atoms with E-state index in [4.69, 9.17) is 10.5 Å². The lowest BCUT2D eigenvalue weighted by Gasteiger charge is -2.37. The first kappa shape index (κ1) is 15.6. The number of benzene rings is 1. The van der Waals surface area contributed by atoms with Gasteiger partial charge < -0.3 is 10.5 Å². The lowest BCUT2D eigenvalue weighted by molar-refractivity contribution is -0.127. The third-order valence-electron chi connectivity index (χ3n) is 3.94. The summed E-state index contributed by atoms with van der Waals surface area (Å²) in [7, 11) is 0. The van der Waals surface area contributed by atoms with Crippen molar-refractivity contribution in [1.82, 2.24) is 14.7 Å². The van der Waals surface area contributed by atoms with Gasteiger partial charge >= 0.3 is 0 Å². The molecular weight excluding hydrogens is 299 g/mol. The van der Waals surface area contributed by atoms with E-state index in [0.29, 0.717) is 31.8 Å². The highest BCUT2D eigenvalue weighted by Crippen LogP contribution is 2.23. The number of hydrogen-bond acceptors (Lipinski definition) is 4. The fraction of sp³-hybridized carbons (Fsp3) is 0.375. The third kappa shape index (κ3) is 3.75. The van der Waals surface area contributed by atoms with Crippen LogP contribution in [0, 0.1) is 5.82 Å². The Bertz CT molecular complexity index is 645. The van der Waals surface area contributed by atoms with E-state index in [1.54, 1.807) is 23.0 Å². The Balaban J connectivity index is 1.74. The molecule has 0 unspecified atom stereocenters. The Hall–Kier alpha value is -2.25. The van der Waals surface area contributed by atoms with Gasteiger partial charge in [-0.25, -0.2) is 4.39 Å². The van der Waals surface area contributed by atoms with E-state index in [-0.39, 0.29) is 11.9 Å². The summed E-state index contributed by atoms with van der Waals surface area (Å²) in [4.78, 5) is 13.9. The van der Waals surface area contributed by atoms with Crippen LogP contribution in [0.5, 0.6) is 0 Å². The number of carbonyl (C=O) groups excluding carboxylic acids is 1. The van der Waals surface area contributed by atoms with Gasteiger partial charge in [0.15, 0.2) is 0 Å². The van der Waals surface area contributed by atoms with Crippen LogP contribution in [0.4, 0.5) is 4.39 Å². The van der Waals surface area contributed by atoms with Crippen LogP contribution in [0.15, 0.2) is 42.7 Å². The summed E-state index contributed by atoms with van der Waals surface area (Å²) in [6, 6.07) is 7.15. The van der Waals surface area contributed by atoms with Gasteiger partial charge in [-0.05, 0) is 23.8 Å². The molecule has 1 amide bonds. The van der Waals surface area contributed by atoms with Crippen molar-refractivity contribution in [2.75, 3.05) is 19.7 Å². The predicted molar refractivity (Wildman–Crippen MR) is 81.9 cm³/mol. The summed E-state index contributed by atoms with van der Waals surface area (Å²) in [5, 5.41) is 4.17. The third-order valence-corrected chi connectivity index (χ3v) is 3.94. The Labute approximate surface area is 133 Å². The van der Waals surface area contributed by atoms with E-state index < -0.39 is 11.9 Å². The molecular formula is C16H19FN4O2. The molecule has 2 aromatic rings. The molecule has 0 radical (unpaired) electrons. The van der Waals surface area contributed by atoms with Crippen molar-refractivity contribution in [2.24, 2.45) is 5.73 Å². The van der Waals surface area contributed by atoms with E-state index in [1.807, 2.05) is 17.2 Å². The number of morpholine rings is 1. The van der Waals surface area contributed by atoms with Crippen LogP contribution in [0.25, 0.3) is 0 Å². The van der Waals surface area contributed by atoms with Gasteiger partial charge in [-0.1, -0.05) is 12.1 Å². The minimum absolute atomic E-state index is 0.0778. The van der Waals surface area contributed by atoms with E-state index in [9.17, 15) is 9.18 Å². The first-order chi connectivity index (χ1) is 11.1. The molecule has 1 aliphatic rings. The predicted octanol–water partition coefficient (Wildman–Crippen LogP) is 0.950. The number of hydrogen-bond donors (Lipinski definition) is 1. The summed E-state index contributed by atoms with van der Waals surface area (Å²) < 4.78 is 20.7. The molecule has 0 bridgehead atoms. The van der Waals surface area contributed by atoms with Crippen LogP contribution in [0.1, 0.15) is 11.6 Å². The molecule has 2 heterocycles. The summed E-state index contributed by atoms with van der Waals surface area (Å²) >= 11 is 0. The molecule has 7 heteroatoms. The average Bonchev–Trinajstić information content (AvgIpc) is 3.02. The van der Waals surface area contributed by atoms with Crippen molar-refractivity contribution in [3.63, 3.8) is 0 Å². The van der Waals surface area contributed by atoms with Crippen LogP contribution in [0.2, 0.25) is 0 Å². The van der Waals surface area contributed by atoms with Crippen molar-refractivity contribution in [1.29, 1.82) is 0 Å². The second-order valence-electron chi connectivity index (χ2n) is 5.57. The number of nitrogens with zero attached hydrogens (tertiary/aromatic N) is 3. The molecule has 122 valence electrons. The summed E-state index contributed by atoms with van der Waals surface area (Å²) in [6.07, 6.45) is 3.50. The van der Waals surface area contributed by atoms with Crippen LogP contribution >= 0.6 is 0 Å². The number of rotatable bonds is 5. The molecule has 2 N–H and O–H groups in total. The minimum Gasteiger partial charge on any atom is -0.374 e. The summed E-state index contributed by atoms with van der Waals surface area (Å²) in [5.41, 5.74) is 6.28. The van der Waals surface area contributed by atoms with Crippen molar-refractivity contribution in [3.8, 4) is 0 Å². The van der Waals surface area contributed by atoms with Gasteiger partial charge in [0.25, 0.3) is 0 Å². The standard InChI is InChI=1S/C16H19FN4O2/c17-13-4-2-12(3-5-13)15(16(18)22)20-8-9-23-14(10-20)11-21-7-1-6-19-21/h1-7,14-15H,8-11H2,(H2,18,22)/t14-,15+/m1/s1. The Morgan fingerprint density at radius 1 is 1.43 bits per heavy atom. The van der Waals surface area contributed by atoms with E-state index in [1.165, 1.54) is 12.1 Å². The highest BCUT2D eigenvalue weighted by atomic mass is 19.1. The van der Waals surface area contributed by atoms with E-state index >= 15 is 0 Å². The lowest BCUT2D eigenvalue weighted by atomic mass is 10.0. The van der Waals surface area contributed by atoms with Gasteiger partial charge in [0, 0.05) is 25.5 Å². The largest absolute Gasteiger partial charge is 0.374 e. The zero-order chi connectivity index (χ0) is 16.2. The Morgan fingerprint density at radius 2 is 2.22 bits per heavy atom. The lowest BCUT2D eigenvalue weighted by Crippen LogP contribution is -2.49.